The van der Waals surface area contributed by atoms with E-state index in [-0.39, 0.29) is 19.3 Å². The van der Waals surface area contributed by atoms with Crippen molar-refractivity contribution in [1.29, 1.82) is 0 Å². The number of carbonyl (C=O) groups is 4. The highest BCUT2D eigenvalue weighted by Gasteiger charge is 2.21. The van der Waals surface area contributed by atoms with Crippen molar-refractivity contribution in [3.63, 3.8) is 0 Å². The Balaban J connectivity index is 2.46. The van der Waals surface area contributed by atoms with Gasteiger partial charge in [0.1, 0.15) is 6.04 Å². The molecule has 6 N–H and O–H groups in total. The molecule has 0 aliphatic heterocycles. The molecule has 25 heavy (non-hydrogen) atoms. The lowest BCUT2D eigenvalue weighted by Crippen LogP contribution is -2.49. The lowest BCUT2D eigenvalue weighted by atomic mass is 10.1. The lowest BCUT2D eigenvalue weighted by Gasteiger charge is -2.16. The van der Waals surface area contributed by atoms with E-state index in [4.69, 9.17) is 10.8 Å². The van der Waals surface area contributed by atoms with E-state index >= 15 is 0 Å². The van der Waals surface area contributed by atoms with Crippen molar-refractivity contribution in [3.8, 4) is 0 Å². The predicted octanol–water partition coefficient (Wildman–Crippen LogP) is -0.893. The Hall–Kier alpha value is -2.94. The fourth-order valence-corrected chi connectivity index (χ4v) is 2.00. The first-order valence-corrected chi connectivity index (χ1v) is 7.60. The standard InChI is InChI=1S/C16H21N3O6/c17-11(6-7-14(21)22)15(23)18-9-13(20)19-12(16(24)25)8-10-4-2-1-3-5-10/h1-5,11-12H,6-9,17H2,(H,18,23)(H,19,20)(H,21,22)(H,24,25)/t11-,12+/m1/s1. The molecule has 0 heterocycles. The molecule has 0 radical (unpaired) electrons. The van der Waals surface area contributed by atoms with Gasteiger partial charge in [0.05, 0.1) is 12.6 Å². The van der Waals surface area contributed by atoms with Gasteiger partial charge < -0.3 is 26.6 Å². The third-order valence-electron chi connectivity index (χ3n) is 3.35. The number of nitrogens with two attached hydrogens (primary N) is 1. The van der Waals surface area contributed by atoms with Gasteiger partial charge in [-0.2, -0.15) is 0 Å². The van der Waals surface area contributed by atoms with E-state index in [1.54, 1.807) is 30.3 Å². The van der Waals surface area contributed by atoms with Crippen LogP contribution in [0.1, 0.15) is 18.4 Å². The Labute approximate surface area is 144 Å². The first kappa shape index (κ1) is 20.1. The third kappa shape index (κ3) is 7.93. The molecule has 0 aromatic heterocycles. The van der Waals surface area contributed by atoms with E-state index in [0.717, 1.165) is 5.56 Å². The Kier molecular flexibility index (Phi) is 8.07. The van der Waals surface area contributed by atoms with E-state index in [0.29, 0.717) is 0 Å². The molecule has 2 atom stereocenters. The van der Waals surface area contributed by atoms with Gasteiger partial charge in [-0.15, -0.1) is 0 Å². The summed E-state index contributed by atoms with van der Waals surface area (Å²) in [4.78, 5) is 45.1. The van der Waals surface area contributed by atoms with Crippen molar-refractivity contribution >= 4 is 23.8 Å². The number of rotatable bonds is 10. The van der Waals surface area contributed by atoms with Gasteiger partial charge in [-0.3, -0.25) is 14.4 Å². The summed E-state index contributed by atoms with van der Waals surface area (Å²) in [6, 6.07) is 6.61. The van der Waals surface area contributed by atoms with Crippen molar-refractivity contribution in [2.45, 2.75) is 31.3 Å². The Morgan fingerprint density at radius 3 is 2.28 bits per heavy atom. The second-order valence-electron chi connectivity index (χ2n) is 5.40. The summed E-state index contributed by atoms with van der Waals surface area (Å²) in [6.45, 7) is -0.446. The molecule has 9 nitrogen and oxygen atoms in total. The third-order valence-corrected chi connectivity index (χ3v) is 3.35. The van der Waals surface area contributed by atoms with Crippen LogP contribution in [0.5, 0.6) is 0 Å². The summed E-state index contributed by atoms with van der Waals surface area (Å²) in [5, 5.41) is 22.3. The first-order chi connectivity index (χ1) is 11.8. The second kappa shape index (κ2) is 10.0. The zero-order valence-corrected chi connectivity index (χ0v) is 13.5. The maximum absolute atomic E-state index is 11.8. The maximum Gasteiger partial charge on any atom is 0.326 e. The Morgan fingerprint density at radius 2 is 1.72 bits per heavy atom. The van der Waals surface area contributed by atoms with E-state index in [2.05, 4.69) is 10.6 Å². The number of carboxylic acids is 2. The van der Waals surface area contributed by atoms with Crippen LogP contribution < -0.4 is 16.4 Å². The number of aliphatic carboxylic acids is 2. The molecular formula is C16H21N3O6. The highest BCUT2D eigenvalue weighted by Crippen LogP contribution is 2.03. The van der Waals surface area contributed by atoms with Gasteiger partial charge in [-0.25, -0.2) is 4.79 Å². The fourth-order valence-electron chi connectivity index (χ4n) is 2.00. The molecule has 0 unspecified atom stereocenters. The average molecular weight is 351 g/mol. The SMILES string of the molecule is N[C@H](CCC(=O)O)C(=O)NCC(=O)N[C@@H](Cc1ccccc1)C(=O)O. The second-order valence-corrected chi connectivity index (χ2v) is 5.40. The molecule has 0 saturated carbocycles. The summed E-state index contributed by atoms with van der Waals surface area (Å²) < 4.78 is 0. The van der Waals surface area contributed by atoms with Crippen LogP contribution in [0, 0.1) is 0 Å². The highest BCUT2D eigenvalue weighted by atomic mass is 16.4. The van der Waals surface area contributed by atoms with E-state index in [1.165, 1.54) is 0 Å². The minimum atomic E-state index is -1.19. The molecule has 9 heteroatoms. The van der Waals surface area contributed by atoms with Gasteiger partial charge in [0.15, 0.2) is 0 Å². The van der Waals surface area contributed by atoms with Crippen molar-refractivity contribution < 1.29 is 29.4 Å². The van der Waals surface area contributed by atoms with E-state index in [1.807, 2.05) is 0 Å². The Bertz CT molecular complexity index is 620. The van der Waals surface area contributed by atoms with Crippen LogP contribution in [0.25, 0.3) is 0 Å². The van der Waals surface area contributed by atoms with Crippen molar-refractivity contribution in [1.82, 2.24) is 10.6 Å². The van der Waals surface area contributed by atoms with Crippen LogP contribution in [0.2, 0.25) is 0 Å². The summed E-state index contributed by atoms with van der Waals surface area (Å²) in [5.41, 5.74) is 6.25. The highest BCUT2D eigenvalue weighted by molar-refractivity contribution is 5.89. The van der Waals surface area contributed by atoms with Crippen LogP contribution in [0.15, 0.2) is 30.3 Å². The molecule has 0 aliphatic carbocycles. The van der Waals surface area contributed by atoms with E-state index < -0.39 is 42.4 Å². The monoisotopic (exact) mass is 351 g/mol. The minimum absolute atomic E-state index is 0.0610. The van der Waals surface area contributed by atoms with Gasteiger partial charge in [0.2, 0.25) is 11.8 Å². The fraction of sp³-hybridized carbons (Fsp3) is 0.375. The number of hydrogen-bond acceptors (Lipinski definition) is 5. The van der Waals surface area contributed by atoms with E-state index in [9.17, 15) is 24.3 Å². The Morgan fingerprint density at radius 1 is 1.08 bits per heavy atom. The van der Waals surface area contributed by atoms with Crippen LogP contribution in [-0.2, 0) is 25.6 Å². The zero-order valence-electron chi connectivity index (χ0n) is 13.5. The van der Waals surface area contributed by atoms with Crippen LogP contribution in [-0.4, -0.2) is 52.6 Å². The molecule has 0 bridgehead atoms. The smallest absolute Gasteiger partial charge is 0.326 e. The van der Waals surface area contributed by atoms with Crippen LogP contribution >= 0.6 is 0 Å². The molecule has 0 fully saturated rings. The summed E-state index contributed by atoms with van der Waals surface area (Å²) in [5.74, 6) is -3.62. The molecule has 0 spiro atoms. The first-order valence-electron chi connectivity index (χ1n) is 7.60. The van der Waals surface area contributed by atoms with Gasteiger partial charge in [-0.05, 0) is 12.0 Å². The molecule has 0 saturated heterocycles. The number of hydrogen-bond donors (Lipinski definition) is 5. The minimum Gasteiger partial charge on any atom is -0.481 e. The number of carbonyl (C=O) groups excluding carboxylic acids is 2. The molecule has 1 aromatic carbocycles. The number of nitrogens with one attached hydrogen (secondary N) is 2. The van der Waals surface area contributed by atoms with Gasteiger partial charge in [-0.1, -0.05) is 30.3 Å². The topological polar surface area (TPSA) is 159 Å². The molecule has 1 aromatic rings. The summed E-state index contributed by atoms with van der Waals surface area (Å²) >= 11 is 0. The molecule has 1 rings (SSSR count). The zero-order chi connectivity index (χ0) is 18.8. The lowest BCUT2D eigenvalue weighted by molar-refractivity contribution is -0.141. The van der Waals surface area contributed by atoms with Crippen molar-refractivity contribution in [3.05, 3.63) is 35.9 Å². The normalized spacial score (nSPS) is 12.7. The largest absolute Gasteiger partial charge is 0.481 e. The number of benzene rings is 1. The number of amides is 2. The predicted molar refractivity (Wildman–Crippen MR) is 87.6 cm³/mol. The van der Waals surface area contributed by atoms with Gasteiger partial charge >= 0.3 is 11.9 Å². The summed E-state index contributed by atoms with van der Waals surface area (Å²) in [7, 11) is 0. The number of carboxylic acid groups (broad SMARTS) is 2. The average Bonchev–Trinajstić information content (AvgIpc) is 2.57. The van der Waals surface area contributed by atoms with Gasteiger partial charge in [0, 0.05) is 12.8 Å². The molecule has 136 valence electrons. The molecule has 2 amide bonds. The van der Waals surface area contributed by atoms with Crippen LogP contribution in [0.3, 0.4) is 0 Å². The molecule has 0 aliphatic rings. The summed E-state index contributed by atoms with van der Waals surface area (Å²) in [6.07, 6.45) is -0.221. The van der Waals surface area contributed by atoms with Crippen molar-refractivity contribution in [2.75, 3.05) is 6.54 Å². The maximum atomic E-state index is 11.8. The quantitative estimate of drug-likeness (QED) is 0.365. The van der Waals surface area contributed by atoms with Crippen molar-refractivity contribution in [2.24, 2.45) is 5.73 Å². The van der Waals surface area contributed by atoms with Crippen LogP contribution in [0.4, 0.5) is 0 Å². The molecular weight excluding hydrogens is 330 g/mol. The van der Waals surface area contributed by atoms with Gasteiger partial charge in [0.25, 0.3) is 0 Å².